The second-order valence-electron chi connectivity index (χ2n) is 4.70. The van der Waals surface area contributed by atoms with Gasteiger partial charge in [-0.25, -0.2) is 0 Å². The van der Waals surface area contributed by atoms with Gasteiger partial charge in [-0.1, -0.05) is 18.2 Å². The molecule has 0 aliphatic rings. The molecule has 3 N–H and O–H groups in total. The van der Waals surface area contributed by atoms with E-state index in [4.69, 9.17) is 4.74 Å². The normalized spacial score (nSPS) is 10.6. The molecule has 0 spiro atoms. The van der Waals surface area contributed by atoms with E-state index in [1.165, 1.54) is 0 Å². The third-order valence-corrected chi connectivity index (χ3v) is 3.16. The quantitative estimate of drug-likeness (QED) is 0.693. The third kappa shape index (κ3) is 3.61. The van der Waals surface area contributed by atoms with Crippen molar-refractivity contribution < 1.29 is 14.3 Å². The van der Waals surface area contributed by atoms with Gasteiger partial charge in [-0.3, -0.25) is 9.59 Å². The van der Waals surface area contributed by atoms with Gasteiger partial charge in [0.15, 0.2) is 0 Å². The number of carbonyl (C=O) groups excluding carboxylic acids is 2. The first-order valence-electron chi connectivity index (χ1n) is 6.74. The summed E-state index contributed by atoms with van der Waals surface area (Å²) in [7, 11) is 1.56. The zero-order valence-corrected chi connectivity index (χ0v) is 12.2. The SMILES string of the molecule is COCCNC(=O)CNC(=O)c1c(C)[nH]c2ccccc12. The summed E-state index contributed by atoms with van der Waals surface area (Å²) in [5, 5.41) is 6.14. The topological polar surface area (TPSA) is 83.2 Å². The molecule has 0 fully saturated rings. The number of aromatic amines is 1. The fourth-order valence-electron chi connectivity index (χ4n) is 2.17. The largest absolute Gasteiger partial charge is 0.383 e. The first-order valence-corrected chi connectivity index (χ1v) is 6.74. The highest BCUT2D eigenvalue weighted by Gasteiger charge is 2.16. The van der Waals surface area contributed by atoms with Gasteiger partial charge in [-0.15, -0.1) is 0 Å². The number of hydrogen-bond donors (Lipinski definition) is 3. The summed E-state index contributed by atoms with van der Waals surface area (Å²) in [5.74, 6) is -0.496. The van der Waals surface area contributed by atoms with E-state index in [1.54, 1.807) is 7.11 Å². The molecule has 0 unspecified atom stereocenters. The van der Waals surface area contributed by atoms with Gasteiger partial charge in [0.25, 0.3) is 5.91 Å². The molecule has 2 aromatic rings. The maximum atomic E-state index is 12.2. The van der Waals surface area contributed by atoms with Gasteiger partial charge in [0.1, 0.15) is 0 Å². The van der Waals surface area contributed by atoms with Gasteiger partial charge in [-0.05, 0) is 13.0 Å². The summed E-state index contributed by atoms with van der Waals surface area (Å²) in [5.41, 5.74) is 2.27. The highest BCUT2D eigenvalue weighted by molar-refractivity contribution is 6.08. The van der Waals surface area contributed by atoms with E-state index >= 15 is 0 Å². The summed E-state index contributed by atoms with van der Waals surface area (Å²) in [6.45, 7) is 2.66. The molecule has 2 rings (SSSR count). The van der Waals surface area contributed by atoms with Gasteiger partial charge in [0, 0.05) is 30.3 Å². The van der Waals surface area contributed by atoms with Gasteiger partial charge >= 0.3 is 0 Å². The van der Waals surface area contributed by atoms with E-state index in [9.17, 15) is 9.59 Å². The number of nitrogens with one attached hydrogen (secondary N) is 3. The number of fused-ring (bicyclic) bond motifs is 1. The Morgan fingerprint density at radius 2 is 2.00 bits per heavy atom. The lowest BCUT2D eigenvalue weighted by molar-refractivity contribution is -0.120. The number of aromatic nitrogens is 1. The Balaban J connectivity index is 1.99. The van der Waals surface area contributed by atoms with Crippen LogP contribution in [-0.4, -0.2) is 43.6 Å². The van der Waals surface area contributed by atoms with Crippen molar-refractivity contribution in [3.05, 3.63) is 35.5 Å². The lowest BCUT2D eigenvalue weighted by Gasteiger charge is -2.06. The molecule has 2 amide bonds. The summed E-state index contributed by atoms with van der Waals surface area (Å²) in [6, 6.07) is 7.58. The van der Waals surface area contributed by atoms with Gasteiger partial charge in [0.2, 0.25) is 5.91 Å². The molecule has 0 radical (unpaired) electrons. The number of benzene rings is 1. The molecule has 6 heteroatoms. The molecule has 1 aromatic carbocycles. The van der Waals surface area contributed by atoms with Crippen molar-refractivity contribution in [1.82, 2.24) is 15.6 Å². The first kappa shape index (κ1) is 15.1. The molecule has 0 aliphatic carbocycles. The lowest BCUT2D eigenvalue weighted by atomic mass is 10.1. The second kappa shape index (κ2) is 6.90. The van der Waals surface area contributed by atoms with Crippen LogP contribution in [0, 0.1) is 6.92 Å². The minimum absolute atomic E-state index is 0.0541. The lowest BCUT2D eigenvalue weighted by Crippen LogP contribution is -2.38. The molecule has 0 bridgehead atoms. The van der Waals surface area contributed by atoms with E-state index < -0.39 is 0 Å². The Morgan fingerprint density at radius 1 is 1.24 bits per heavy atom. The Kier molecular flexibility index (Phi) is 4.94. The van der Waals surface area contributed by atoms with Crippen molar-refractivity contribution in [2.24, 2.45) is 0 Å². The number of rotatable bonds is 6. The molecule has 0 saturated heterocycles. The maximum Gasteiger partial charge on any atom is 0.254 e. The Labute approximate surface area is 122 Å². The highest BCUT2D eigenvalue weighted by Crippen LogP contribution is 2.21. The van der Waals surface area contributed by atoms with Crippen LogP contribution in [0.4, 0.5) is 0 Å². The zero-order valence-electron chi connectivity index (χ0n) is 12.2. The number of H-pyrrole nitrogens is 1. The van der Waals surface area contributed by atoms with Crippen LogP contribution < -0.4 is 10.6 Å². The maximum absolute atomic E-state index is 12.2. The standard InChI is InChI=1S/C15H19N3O3/c1-10-14(11-5-3-4-6-12(11)18-10)15(20)17-9-13(19)16-7-8-21-2/h3-6,18H,7-9H2,1-2H3,(H,16,19)(H,17,20). The van der Waals surface area contributed by atoms with Crippen LogP contribution in [0.3, 0.4) is 0 Å². The molecular formula is C15H19N3O3. The predicted octanol–water partition coefficient (Wildman–Crippen LogP) is 0.969. The molecular weight excluding hydrogens is 270 g/mol. The Morgan fingerprint density at radius 3 is 2.76 bits per heavy atom. The molecule has 1 heterocycles. The fraction of sp³-hybridized carbons (Fsp3) is 0.333. The smallest absolute Gasteiger partial charge is 0.254 e. The number of amides is 2. The van der Waals surface area contributed by atoms with Gasteiger partial charge < -0.3 is 20.4 Å². The number of methoxy groups -OCH3 is 1. The molecule has 21 heavy (non-hydrogen) atoms. The Hall–Kier alpha value is -2.34. The predicted molar refractivity (Wildman–Crippen MR) is 80.3 cm³/mol. The van der Waals surface area contributed by atoms with Crippen LogP contribution in [0.5, 0.6) is 0 Å². The summed E-state index contributed by atoms with van der Waals surface area (Å²) < 4.78 is 4.83. The average Bonchev–Trinajstić information content (AvgIpc) is 2.81. The molecule has 0 saturated carbocycles. The van der Waals surface area contributed by atoms with Gasteiger partial charge in [-0.2, -0.15) is 0 Å². The zero-order chi connectivity index (χ0) is 15.2. The number of carbonyl (C=O) groups is 2. The van der Waals surface area contributed by atoms with Crippen molar-refractivity contribution in [3.8, 4) is 0 Å². The number of aryl methyl sites for hydroxylation is 1. The van der Waals surface area contributed by atoms with Crippen LogP contribution >= 0.6 is 0 Å². The second-order valence-corrected chi connectivity index (χ2v) is 4.70. The van der Waals surface area contributed by atoms with Crippen molar-refractivity contribution >= 4 is 22.7 Å². The molecule has 0 atom stereocenters. The van der Waals surface area contributed by atoms with Crippen LogP contribution in [0.15, 0.2) is 24.3 Å². The number of ether oxygens (including phenoxy) is 1. The minimum Gasteiger partial charge on any atom is -0.383 e. The third-order valence-electron chi connectivity index (χ3n) is 3.16. The van der Waals surface area contributed by atoms with Crippen molar-refractivity contribution in [2.75, 3.05) is 26.8 Å². The van der Waals surface area contributed by atoms with Crippen LogP contribution in [0.2, 0.25) is 0 Å². The van der Waals surface area contributed by atoms with E-state index in [1.807, 2.05) is 31.2 Å². The summed E-state index contributed by atoms with van der Waals surface area (Å²) in [4.78, 5) is 27.0. The van der Waals surface area contributed by atoms with Crippen molar-refractivity contribution in [2.45, 2.75) is 6.92 Å². The van der Waals surface area contributed by atoms with E-state index in [0.717, 1.165) is 16.6 Å². The molecule has 6 nitrogen and oxygen atoms in total. The van der Waals surface area contributed by atoms with Gasteiger partial charge in [0.05, 0.1) is 18.7 Å². The number of hydrogen-bond acceptors (Lipinski definition) is 3. The van der Waals surface area contributed by atoms with E-state index in [0.29, 0.717) is 18.7 Å². The summed E-state index contributed by atoms with van der Waals surface area (Å²) in [6.07, 6.45) is 0. The van der Waals surface area contributed by atoms with Crippen molar-refractivity contribution in [1.29, 1.82) is 0 Å². The average molecular weight is 289 g/mol. The Bertz CT molecular complexity index is 649. The monoisotopic (exact) mass is 289 g/mol. The summed E-state index contributed by atoms with van der Waals surface area (Å²) >= 11 is 0. The van der Waals surface area contributed by atoms with E-state index in [2.05, 4.69) is 15.6 Å². The molecule has 112 valence electrons. The van der Waals surface area contributed by atoms with Crippen LogP contribution in [-0.2, 0) is 9.53 Å². The fourth-order valence-corrected chi connectivity index (χ4v) is 2.17. The first-order chi connectivity index (χ1) is 10.1. The highest BCUT2D eigenvalue weighted by atomic mass is 16.5. The molecule has 1 aromatic heterocycles. The van der Waals surface area contributed by atoms with Crippen LogP contribution in [0.25, 0.3) is 10.9 Å². The molecule has 0 aliphatic heterocycles. The van der Waals surface area contributed by atoms with E-state index in [-0.39, 0.29) is 18.4 Å². The number of para-hydroxylation sites is 1. The van der Waals surface area contributed by atoms with Crippen molar-refractivity contribution in [3.63, 3.8) is 0 Å². The minimum atomic E-state index is -0.258. The van der Waals surface area contributed by atoms with Crippen LogP contribution in [0.1, 0.15) is 16.1 Å².